The predicted octanol–water partition coefficient (Wildman–Crippen LogP) is 2.28. The molecule has 0 atom stereocenters. The molecule has 1 amide bonds. The van der Waals surface area contributed by atoms with Gasteiger partial charge in [-0.1, -0.05) is 36.4 Å². The van der Waals surface area contributed by atoms with Crippen LogP contribution in [0.5, 0.6) is 5.75 Å². The van der Waals surface area contributed by atoms with E-state index < -0.39 is 0 Å². The van der Waals surface area contributed by atoms with Crippen LogP contribution in [0.4, 0.5) is 0 Å². The van der Waals surface area contributed by atoms with Crippen LogP contribution in [-0.2, 0) is 13.2 Å². The summed E-state index contributed by atoms with van der Waals surface area (Å²) in [6.45, 7) is 6.11. The van der Waals surface area contributed by atoms with E-state index in [9.17, 15) is 9.59 Å². The molecule has 2 aromatic rings. The van der Waals surface area contributed by atoms with Gasteiger partial charge >= 0.3 is 0 Å². The summed E-state index contributed by atoms with van der Waals surface area (Å²) in [4.78, 5) is 24.6. The number of aromatic nitrogens is 1. The van der Waals surface area contributed by atoms with Gasteiger partial charge in [-0.2, -0.15) is 0 Å². The van der Waals surface area contributed by atoms with Gasteiger partial charge in [-0.3, -0.25) is 9.59 Å². The molecule has 1 N–H and O–H groups in total. The number of rotatable bonds is 6. The summed E-state index contributed by atoms with van der Waals surface area (Å²) >= 11 is 0. The average Bonchev–Trinajstić information content (AvgIpc) is 2.56. The third-order valence-corrected chi connectivity index (χ3v) is 3.45. The quantitative estimate of drug-likeness (QED) is 0.833. The number of ether oxygens (including phenoxy) is 1. The van der Waals surface area contributed by atoms with Crippen LogP contribution in [0.25, 0.3) is 0 Å². The Kier molecular flexibility index (Phi) is 5.36. The summed E-state index contributed by atoms with van der Waals surface area (Å²) in [6.07, 6.45) is 1.67. The molecule has 5 heteroatoms. The van der Waals surface area contributed by atoms with Gasteiger partial charge in [0, 0.05) is 25.4 Å². The first kappa shape index (κ1) is 16.5. The molecule has 0 radical (unpaired) electrons. The van der Waals surface area contributed by atoms with Gasteiger partial charge in [0.05, 0.1) is 0 Å². The molecule has 0 saturated carbocycles. The first-order valence-corrected chi connectivity index (χ1v) is 7.32. The molecule has 1 aromatic carbocycles. The Morgan fingerprint density at radius 2 is 2.04 bits per heavy atom. The summed E-state index contributed by atoms with van der Waals surface area (Å²) in [5.41, 5.74) is 1.51. The van der Waals surface area contributed by atoms with Gasteiger partial charge in [0.25, 0.3) is 5.91 Å². The molecule has 2 rings (SSSR count). The van der Waals surface area contributed by atoms with Crippen molar-refractivity contribution in [3.63, 3.8) is 0 Å². The highest BCUT2D eigenvalue weighted by molar-refractivity contribution is 5.95. The SMILES string of the molecule is C=CCn1c(C)cc(=O)c(OCc2ccccc2)c1C(=O)NC. The van der Waals surface area contributed by atoms with Gasteiger partial charge in [-0.15, -0.1) is 6.58 Å². The fraction of sp³-hybridized carbons (Fsp3) is 0.222. The molecule has 0 aliphatic heterocycles. The van der Waals surface area contributed by atoms with Gasteiger partial charge in [0.1, 0.15) is 6.61 Å². The second-order valence-corrected chi connectivity index (χ2v) is 5.08. The molecule has 0 spiro atoms. The molecule has 1 aromatic heterocycles. The number of carbonyl (C=O) groups excluding carboxylic acids is 1. The van der Waals surface area contributed by atoms with Crippen LogP contribution >= 0.6 is 0 Å². The highest BCUT2D eigenvalue weighted by Crippen LogP contribution is 2.18. The minimum Gasteiger partial charge on any atom is -0.483 e. The van der Waals surface area contributed by atoms with Crippen LogP contribution in [0.3, 0.4) is 0 Å². The van der Waals surface area contributed by atoms with E-state index in [0.29, 0.717) is 12.2 Å². The van der Waals surface area contributed by atoms with Crippen molar-refractivity contribution in [2.24, 2.45) is 0 Å². The summed E-state index contributed by atoms with van der Waals surface area (Å²) in [5.74, 6) is -0.309. The van der Waals surface area contributed by atoms with Gasteiger partial charge in [-0.25, -0.2) is 0 Å². The van der Waals surface area contributed by atoms with Crippen molar-refractivity contribution < 1.29 is 9.53 Å². The molecule has 1 heterocycles. The molecule has 0 aliphatic carbocycles. The van der Waals surface area contributed by atoms with Gasteiger partial charge in [-0.05, 0) is 12.5 Å². The highest BCUT2D eigenvalue weighted by Gasteiger charge is 2.20. The van der Waals surface area contributed by atoms with Crippen LogP contribution in [-0.4, -0.2) is 17.5 Å². The zero-order valence-electron chi connectivity index (χ0n) is 13.3. The topological polar surface area (TPSA) is 60.3 Å². The Morgan fingerprint density at radius 3 is 2.65 bits per heavy atom. The first-order chi connectivity index (χ1) is 11.1. The lowest BCUT2D eigenvalue weighted by molar-refractivity contribution is 0.0947. The Balaban J connectivity index is 2.48. The molecule has 0 unspecified atom stereocenters. The molecule has 0 bridgehead atoms. The van der Waals surface area contributed by atoms with E-state index in [0.717, 1.165) is 5.56 Å². The van der Waals surface area contributed by atoms with Crippen molar-refractivity contribution in [1.29, 1.82) is 0 Å². The monoisotopic (exact) mass is 312 g/mol. The van der Waals surface area contributed by atoms with E-state index in [1.165, 1.54) is 13.1 Å². The maximum absolute atomic E-state index is 12.3. The normalized spacial score (nSPS) is 10.2. The number of allylic oxidation sites excluding steroid dienone is 1. The summed E-state index contributed by atoms with van der Waals surface area (Å²) < 4.78 is 7.41. The van der Waals surface area contributed by atoms with E-state index in [2.05, 4.69) is 11.9 Å². The Labute approximate surface area is 135 Å². The first-order valence-electron chi connectivity index (χ1n) is 7.32. The molecule has 120 valence electrons. The Morgan fingerprint density at radius 1 is 1.35 bits per heavy atom. The third kappa shape index (κ3) is 3.69. The molecular weight excluding hydrogens is 292 g/mol. The molecule has 23 heavy (non-hydrogen) atoms. The average molecular weight is 312 g/mol. The minimum atomic E-state index is -0.365. The van der Waals surface area contributed by atoms with Crippen molar-refractivity contribution in [3.05, 3.63) is 76.2 Å². The zero-order chi connectivity index (χ0) is 16.8. The fourth-order valence-corrected chi connectivity index (χ4v) is 2.33. The molecule has 0 fully saturated rings. The van der Waals surface area contributed by atoms with Gasteiger partial charge < -0.3 is 14.6 Å². The lowest BCUT2D eigenvalue weighted by Crippen LogP contribution is -2.28. The largest absolute Gasteiger partial charge is 0.483 e. The third-order valence-electron chi connectivity index (χ3n) is 3.45. The highest BCUT2D eigenvalue weighted by atomic mass is 16.5. The van der Waals surface area contributed by atoms with Gasteiger partial charge in [0.2, 0.25) is 5.43 Å². The zero-order valence-corrected chi connectivity index (χ0v) is 13.3. The van der Waals surface area contributed by atoms with Crippen molar-refractivity contribution >= 4 is 5.91 Å². The molecule has 0 saturated heterocycles. The number of amides is 1. The smallest absolute Gasteiger partial charge is 0.271 e. The van der Waals surface area contributed by atoms with Crippen molar-refractivity contribution in [2.75, 3.05) is 7.05 Å². The number of benzene rings is 1. The number of pyridine rings is 1. The number of nitrogens with zero attached hydrogens (tertiary/aromatic N) is 1. The van der Waals surface area contributed by atoms with Crippen LogP contribution in [0.2, 0.25) is 0 Å². The molecule has 0 aliphatic rings. The lowest BCUT2D eigenvalue weighted by atomic mass is 10.2. The van der Waals surface area contributed by atoms with Crippen molar-refractivity contribution in [2.45, 2.75) is 20.1 Å². The second kappa shape index (κ2) is 7.45. The number of carbonyl (C=O) groups is 1. The van der Waals surface area contributed by atoms with Crippen LogP contribution < -0.4 is 15.5 Å². The lowest BCUT2D eigenvalue weighted by Gasteiger charge is -2.18. The predicted molar refractivity (Wildman–Crippen MR) is 89.8 cm³/mol. The van der Waals surface area contributed by atoms with Crippen molar-refractivity contribution in [3.8, 4) is 5.75 Å². The summed E-state index contributed by atoms with van der Waals surface area (Å²) in [5, 5.41) is 2.56. The number of aryl methyl sites for hydroxylation is 1. The van der Waals surface area contributed by atoms with Crippen LogP contribution in [0.1, 0.15) is 21.7 Å². The Bertz CT molecular complexity index is 764. The molecule has 5 nitrogen and oxygen atoms in total. The Hall–Kier alpha value is -2.82. The second-order valence-electron chi connectivity index (χ2n) is 5.08. The molecular formula is C18H20N2O3. The summed E-state index contributed by atoms with van der Waals surface area (Å²) in [6, 6.07) is 11.0. The standard InChI is InChI=1S/C18H20N2O3/c1-4-10-20-13(2)11-15(21)17(16(20)18(22)19-3)23-12-14-8-6-5-7-9-14/h4-9,11H,1,10,12H2,2-3H3,(H,19,22). The van der Waals surface area contributed by atoms with Crippen molar-refractivity contribution in [1.82, 2.24) is 9.88 Å². The van der Waals surface area contributed by atoms with Gasteiger partial charge in [0.15, 0.2) is 11.4 Å². The number of nitrogens with one attached hydrogen (secondary N) is 1. The fourth-order valence-electron chi connectivity index (χ4n) is 2.33. The summed E-state index contributed by atoms with van der Waals surface area (Å²) in [7, 11) is 1.52. The number of hydrogen-bond donors (Lipinski definition) is 1. The van der Waals surface area contributed by atoms with Crippen LogP contribution in [0.15, 0.2) is 53.8 Å². The van der Waals surface area contributed by atoms with E-state index >= 15 is 0 Å². The van der Waals surface area contributed by atoms with E-state index in [-0.39, 0.29) is 29.4 Å². The van der Waals surface area contributed by atoms with E-state index in [4.69, 9.17) is 4.74 Å². The minimum absolute atomic E-state index is 0.0562. The maximum atomic E-state index is 12.3. The maximum Gasteiger partial charge on any atom is 0.271 e. The number of hydrogen-bond acceptors (Lipinski definition) is 3. The van der Waals surface area contributed by atoms with E-state index in [1.54, 1.807) is 17.6 Å². The van der Waals surface area contributed by atoms with E-state index in [1.807, 2.05) is 30.3 Å². The van der Waals surface area contributed by atoms with Crippen LogP contribution in [0, 0.1) is 6.92 Å².